The molecule has 1 saturated heterocycles. The van der Waals surface area contributed by atoms with Gasteiger partial charge in [-0.2, -0.15) is 21.6 Å². The largest absolute Gasteiger partial charge is 0.472 e. The minimum absolute atomic E-state index is 0.403. The van der Waals surface area contributed by atoms with Gasteiger partial charge in [0.25, 0.3) is 0 Å². The summed E-state index contributed by atoms with van der Waals surface area (Å²) >= 11 is 0. The number of hydrogen-bond donors (Lipinski definition) is 1. The molecule has 1 N–H and O–H groups in total. The minimum Gasteiger partial charge on any atom is -0.463 e. The molecule has 0 radical (unpaired) electrons. The maximum atomic E-state index is 11.7. The van der Waals surface area contributed by atoms with Crippen molar-refractivity contribution in [3.63, 3.8) is 0 Å². The summed E-state index contributed by atoms with van der Waals surface area (Å²) in [4.78, 5) is 20.9. The normalized spacial score (nSPS) is 21.1. The molecule has 1 heterocycles. The number of cyclic esters (lactones) is 1. The van der Waals surface area contributed by atoms with Crippen LogP contribution in [0, 0.1) is 0 Å². The number of alkyl halides is 3. The maximum Gasteiger partial charge on any atom is 0.472 e. The molecule has 1 unspecified atom stereocenters. The van der Waals surface area contributed by atoms with Crippen LogP contribution in [0.5, 0.6) is 0 Å². The van der Waals surface area contributed by atoms with Crippen molar-refractivity contribution in [2.75, 3.05) is 6.61 Å². The molecule has 1 rings (SSSR count). The number of hydrogen-bond acceptors (Lipinski definition) is 6. The van der Waals surface area contributed by atoms with E-state index in [0.29, 0.717) is 4.72 Å². The van der Waals surface area contributed by atoms with Crippen LogP contribution < -0.4 is 4.72 Å². The van der Waals surface area contributed by atoms with Crippen molar-refractivity contribution in [1.29, 1.82) is 0 Å². The second-order valence-electron chi connectivity index (χ2n) is 2.99. The summed E-state index contributed by atoms with van der Waals surface area (Å²) < 4.78 is 66.2. The Bertz CT molecular complexity index is 430. The van der Waals surface area contributed by atoms with E-state index in [2.05, 4.69) is 8.92 Å². The van der Waals surface area contributed by atoms with Gasteiger partial charge in [-0.15, -0.1) is 0 Å². The highest BCUT2D eigenvalue weighted by atomic mass is 32.2. The Kier molecular flexibility index (Phi) is 3.62. The van der Waals surface area contributed by atoms with Crippen LogP contribution in [0.4, 0.5) is 13.2 Å². The second kappa shape index (κ2) is 4.49. The number of halogens is 3. The van der Waals surface area contributed by atoms with Gasteiger partial charge in [-0.1, -0.05) is 0 Å². The van der Waals surface area contributed by atoms with Gasteiger partial charge in [-0.25, -0.2) is 8.91 Å². The van der Waals surface area contributed by atoms with E-state index in [9.17, 15) is 31.2 Å². The van der Waals surface area contributed by atoms with Gasteiger partial charge in [-0.05, 0) is 0 Å². The highest BCUT2D eigenvalue weighted by Crippen LogP contribution is 2.16. The Balaban J connectivity index is 2.58. The topological polar surface area (TPSA) is 98.8 Å². The summed E-state index contributed by atoms with van der Waals surface area (Å²) in [7, 11) is -4.92. The quantitative estimate of drug-likeness (QED) is 0.681. The summed E-state index contributed by atoms with van der Waals surface area (Å²) in [5.74, 6) is -3.42. The standard InChI is InChI=1S/C6H6F3NO6S/c7-6(8,9)5(12)10-17(13,14)16-3-1-4(11)15-2-3/h3H,1-2H2,(H,10,12). The fourth-order valence-corrected chi connectivity index (χ4v) is 1.80. The zero-order valence-corrected chi connectivity index (χ0v) is 8.80. The van der Waals surface area contributed by atoms with Crippen molar-refractivity contribution in [2.45, 2.75) is 18.7 Å². The van der Waals surface area contributed by atoms with Gasteiger partial charge in [0.05, 0.1) is 6.42 Å². The first-order valence-corrected chi connectivity index (χ1v) is 5.49. The first kappa shape index (κ1) is 13.7. The molecule has 1 atom stereocenters. The molecule has 17 heavy (non-hydrogen) atoms. The van der Waals surface area contributed by atoms with Crippen molar-refractivity contribution < 1.29 is 40.1 Å². The van der Waals surface area contributed by atoms with Crippen molar-refractivity contribution in [1.82, 2.24) is 4.72 Å². The second-order valence-corrected chi connectivity index (χ2v) is 4.29. The van der Waals surface area contributed by atoms with Crippen LogP contribution in [0.25, 0.3) is 0 Å². The molecule has 0 bridgehead atoms. The Morgan fingerprint density at radius 1 is 1.47 bits per heavy atom. The van der Waals surface area contributed by atoms with Gasteiger partial charge in [0.15, 0.2) is 0 Å². The lowest BCUT2D eigenvalue weighted by Gasteiger charge is -2.11. The molecular weight excluding hydrogens is 271 g/mol. The van der Waals surface area contributed by atoms with Crippen molar-refractivity contribution >= 4 is 22.2 Å². The summed E-state index contributed by atoms with van der Waals surface area (Å²) in [6.45, 7) is -0.403. The number of rotatable bonds is 3. The van der Waals surface area contributed by atoms with E-state index in [0.717, 1.165) is 0 Å². The molecule has 1 aliphatic rings. The van der Waals surface area contributed by atoms with Gasteiger partial charge >= 0.3 is 28.4 Å². The summed E-state index contributed by atoms with van der Waals surface area (Å²) in [5, 5.41) is 0. The molecule has 11 heteroatoms. The molecule has 0 saturated carbocycles. The Morgan fingerprint density at radius 3 is 2.47 bits per heavy atom. The summed E-state index contributed by atoms with van der Waals surface area (Å²) in [5.41, 5.74) is 0. The highest BCUT2D eigenvalue weighted by Gasteiger charge is 2.42. The number of carbonyl (C=O) groups excluding carboxylic acids is 2. The number of esters is 1. The van der Waals surface area contributed by atoms with E-state index in [1.54, 1.807) is 0 Å². The van der Waals surface area contributed by atoms with Crippen LogP contribution in [-0.4, -0.2) is 39.2 Å². The Morgan fingerprint density at radius 2 is 2.06 bits per heavy atom. The monoisotopic (exact) mass is 277 g/mol. The molecule has 0 aromatic carbocycles. The molecule has 0 spiro atoms. The van der Waals surface area contributed by atoms with Crippen molar-refractivity contribution in [3.8, 4) is 0 Å². The third kappa shape index (κ3) is 4.19. The van der Waals surface area contributed by atoms with Gasteiger partial charge in [-0.3, -0.25) is 9.59 Å². The SMILES string of the molecule is O=C1CC(OS(=O)(=O)NC(=O)C(F)(F)F)CO1. The fourth-order valence-electron chi connectivity index (χ4n) is 0.926. The van der Waals surface area contributed by atoms with Crippen LogP contribution in [0.3, 0.4) is 0 Å². The van der Waals surface area contributed by atoms with Crippen molar-refractivity contribution in [2.24, 2.45) is 0 Å². The van der Waals surface area contributed by atoms with Gasteiger partial charge < -0.3 is 4.74 Å². The summed E-state index contributed by atoms with van der Waals surface area (Å²) in [6, 6.07) is 0. The smallest absolute Gasteiger partial charge is 0.463 e. The lowest BCUT2D eigenvalue weighted by Crippen LogP contribution is -2.42. The third-order valence-electron chi connectivity index (χ3n) is 1.56. The molecule has 0 aromatic rings. The average molecular weight is 277 g/mol. The maximum absolute atomic E-state index is 11.7. The Hall–Kier alpha value is -1.36. The van der Waals surface area contributed by atoms with Crippen LogP contribution in [0.2, 0.25) is 0 Å². The van der Waals surface area contributed by atoms with E-state index in [1.165, 1.54) is 0 Å². The van der Waals surface area contributed by atoms with E-state index in [4.69, 9.17) is 0 Å². The zero-order valence-electron chi connectivity index (χ0n) is 7.98. The van der Waals surface area contributed by atoms with Crippen LogP contribution in [0.1, 0.15) is 6.42 Å². The minimum atomic E-state index is -5.35. The van der Waals surface area contributed by atoms with Crippen LogP contribution >= 0.6 is 0 Å². The van der Waals surface area contributed by atoms with E-state index in [-0.39, 0.29) is 0 Å². The number of amides is 1. The fraction of sp³-hybridized carbons (Fsp3) is 0.667. The highest BCUT2D eigenvalue weighted by molar-refractivity contribution is 7.85. The van der Waals surface area contributed by atoms with Gasteiger partial charge in [0.1, 0.15) is 12.7 Å². The van der Waals surface area contributed by atoms with Crippen LogP contribution in [0.15, 0.2) is 0 Å². The molecule has 0 aromatic heterocycles. The summed E-state index contributed by atoms with van der Waals surface area (Å²) in [6.07, 6.45) is -7.00. The lowest BCUT2D eigenvalue weighted by atomic mass is 10.3. The molecule has 98 valence electrons. The molecule has 1 fully saturated rings. The van der Waals surface area contributed by atoms with Gasteiger partial charge in [0.2, 0.25) is 0 Å². The van der Waals surface area contributed by atoms with Crippen molar-refractivity contribution in [3.05, 3.63) is 0 Å². The predicted octanol–water partition coefficient (Wildman–Crippen LogP) is -0.758. The van der Waals surface area contributed by atoms with E-state index in [1.807, 2.05) is 0 Å². The average Bonchev–Trinajstić information content (AvgIpc) is 2.47. The van der Waals surface area contributed by atoms with E-state index >= 15 is 0 Å². The number of nitrogens with one attached hydrogen (secondary N) is 1. The van der Waals surface area contributed by atoms with Crippen LogP contribution in [-0.2, 0) is 28.8 Å². The molecule has 0 aliphatic carbocycles. The molecule has 1 amide bonds. The first-order chi connectivity index (χ1) is 7.60. The molecule has 7 nitrogen and oxygen atoms in total. The lowest BCUT2D eigenvalue weighted by molar-refractivity contribution is -0.171. The van der Waals surface area contributed by atoms with Gasteiger partial charge in [0, 0.05) is 0 Å². The predicted molar refractivity (Wildman–Crippen MR) is 43.6 cm³/mol. The molecular formula is C6H6F3NO6S. The zero-order chi connectivity index (χ0) is 13.3. The third-order valence-corrected chi connectivity index (χ3v) is 2.52. The Labute approximate surface area is 93.1 Å². The molecule has 1 aliphatic heterocycles. The number of ether oxygens (including phenoxy) is 1. The first-order valence-electron chi connectivity index (χ1n) is 4.08. The van der Waals surface area contributed by atoms with E-state index < -0.39 is 47.5 Å². The number of carbonyl (C=O) groups is 2.